The predicted octanol–water partition coefficient (Wildman–Crippen LogP) is 4.51. The molecule has 7 heteroatoms. The van der Waals surface area contributed by atoms with Gasteiger partial charge in [-0.15, -0.1) is 0 Å². The van der Waals surface area contributed by atoms with Crippen molar-refractivity contribution >= 4 is 55.0 Å². The molecule has 0 spiro atoms. The van der Waals surface area contributed by atoms with E-state index >= 15 is 0 Å². The number of carbonyl (C=O) groups is 1. The molecule has 1 heterocycles. The molecule has 3 rings (SSSR count). The van der Waals surface area contributed by atoms with E-state index in [0.717, 1.165) is 14.7 Å². The number of aromatic nitrogens is 1. The number of nitrogens with zero attached hydrogens (tertiary/aromatic N) is 2. The molecule has 0 atom stereocenters. The van der Waals surface area contributed by atoms with Crippen molar-refractivity contribution in [2.75, 3.05) is 13.7 Å². The van der Waals surface area contributed by atoms with Gasteiger partial charge in [0.1, 0.15) is 0 Å². The molecule has 2 aromatic carbocycles. The Morgan fingerprint density at radius 2 is 2.04 bits per heavy atom. The number of ether oxygens (including phenoxy) is 1. The third-order valence-electron chi connectivity index (χ3n) is 3.46. The molecule has 4 nitrogen and oxygen atoms in total. The van der Waals surface area contributed by atoms with Crippen LogP contribution in [-0.2, 0) is 11.3 Å². The van der Waals surface area contributed by atoms with Crippen molar-refractivity contribution < 1.29 is 9.53 Å². The molecule has 1 aromatic heterocycles. The second kappa shape index (κ2) is 7.61. The van der Waals surface area contributed by atoms with Crippen molar-refractivity contribution in [2.24, 2.45) is 4.99 Å². The van der Waals surface area contributed by atoms with E-state index < -0.39 is 0 Å². The number of hydrogen-bond donors (Lipinski definition) is 0. The van der Waals surface area contributed by atoms with E-state index in [-0.39, 0.29) is 5.91 Å². The monoisotopic (exact) mass is 424 g/mol. The molecule has 24 heavy (non-hydrogen) atoms. The summed E-state index contributed by atoms with van der Waals surface area (Å²) < 4.78 is 9.01. The summed E-state index contributed by atoms with van der Waals surface area (Å²) in [5, 5.41) is 0.636. The zero-order valence-electron chi connectivity index (χ0n) is 12.8. The molecule has 0 aliphatic carbocycles. The fourth-order valence-corrected chi connectivity index (χ4v) is 3.98. The SMILES string of the molecule is COCCn1c(=NC(=O)c2ccc(Br)cc2)sc2cccc(Cl)c21. The normalized spacial score (nSPS) is 12.0. The lowest BCUT2D eigenvalue weighted by atomic mass is 10.2. The number of thiazole rings is 1. The first-order valence-corrected chi connectivity index (χ1v) is 9.20. The average Bonchev–Trinajstić information content (AvgIpc) is 2.92. The van der Waals surface area contributed by atoms with Gasteiger partial charge in [0.05, 0.1) is 21.8 Å². The van der Waals surface area contributed by atoms with Gasteiger partial charge in [-0.3, -0.25) is 4.79 Å². The van der Waals surface area contributed by atoms with Gasteiger partial charge in [0.2, 0.25) is 0 Å². The lowest BCUT2D eigenvalue weighted by Gasteiger charge is -2.05. The van der Waals surface area contributed by atoms with E-state index in [1.807, 2.05) is 34.9 Å². The molecule has 0 unspecified atom stereocenters. The van der Waals surface area contributed by atoms with Crippen LogP contribution in [0.4, 0.5) is 0 Å². The molecule has 3 aromatic rings. The minimum atomic E-state index is -0.281. The number of fused-ring (bicyclic) bond motifs is 1. The number of carbonyl (C=O) groups excluding carboxylic acids is 1. The summed E-state index contributed by atoms with van der Waals surface area (Å²) in [4.78, 5) is 17.4. The third kappa shape index (κ3) is 3.62. The van der Waals surface area contributed by atoms with Crippen LogP contribution < -0.4 is 4.80 Å². The summed E-state index contributed by atoms with van der Waals surface area (Å²) in [6.07, 6.45) is 0. The molecule has 0 saturated heterocycles. The van der Waals surface area contributed by atoms with Crippen LogP contribution in [0.2, 0.25) is 5.02 Å². The van der Waals surface area contributed by atoms with Gasteiger partial charge in [-0.2, -0.15) is 4.99 Å². The second-order valence-corrected chi connectivity index (χ2v) is 7.37. The highest BCUT2D eigenvalue weighted by molar-refractivity contribution is 9.10. The Morgan fingerprint density at radius 1 is 1.29 bits per heavy atom. The van der Waals surface area contributed by atoms with Gasteiger partial charge in [-0.1, -0.05) is 44.9 Å². The standard InChI is InChI=1S/C17H14BrClN2O2S/c1-23-10-9-21-15-13(19)3-2-4-14(15)24-17(21)20-16(22)11-5-7-12(18)8-6-11/h2-8H,9-10H2,1H3. The molecule has 0 aliphatic rings. The van der Waals surface area contributed by atoms with Crippen molar-refractivity contribution in [2.45, 2.75) is 6.54 Å². The van der Waals surface area contributed by atoms with Crippen molar-refractivity contribution in [3.8, 4) is 0 Å². The quantitative estimate of drug-likeness (QED) is 0.617. The first kappa shape index (κ1) is 17.4. The number of para-hydroxylation sites is 1. The largest absolute Gasteiger partial charge is 0.383 e. The number of amides is 1. The second-order valence-electron chi connectivity index (χ2n) is 5.04. The lowest BCUT2D eigenvalue weighted by molar-refractivity contribution is 0.0997. The summed E-state index contributed by atoms with van der Waals surface area (Å²) in [7, 11) is 1.64. The van der Waals surface area contributed by atoms with Gasteiger partial charge in [-0.05, 0) is 36.4 Å². The average molecular weight is 426 g/mol. The number of hydrogen-bond acceptors (Lipinski definition) is 3. The van der Waals surface area contributed by atoms with E-state index in [1.54, 1.807) is 19.2 Å². The van der Waals surface area contributed by atoms with E-state index in [0.29, 0.717) is 28.5 Å². The molecule has 124 valence electrons. The minimum Gasteiger partial charge on any atom is -0.383 e. The highest BCUT2D eigenvalue weighted by atomic mass is 79.9. The molecule has 1 amide bonds. The lowest BCUT2D eigenvalue weighted by Crippen LogP contribution is -2.19. The number of rotatable bonds is 4. The Bertz CT molecular complexity index is 947. The Morgan fingerprint density at radius 3 is 2.75 bits per heavy atom. The van der Waals surface area contributed by atoms with Gasteiger partial charge in [0, 0.05) is 23.7 Å². The van der Waals surface area contributed by atoms with Crippen LogP contribution in [0.25, 0.3) is 10.2 Å². The first-order chi connectivity index (χ1) is 11.6. The van der Waals surface area contributed by atoms with E-state index in [1.165, 1.54) is 11.3 Å². The molecule has 0 bridgehead atoms. The smallest absolute Gasteiger partial charge is 0.279 e. The maximum Gasteiger partial charge on any atom is 0.279 e. The van der Waals surface area contributed by atoms with Crippen molar-refractivity contribution in [1.29, 1.82) is 0 Å². The molecule has 0 N–H and O–H groups in total. The zero-order valence-corrected chi connectivity index (χ0v) is 16.0. The third-order valence-corrected chi connectivity index (χ3v) is 5.34. The Labute approximate surface area is 156 Å². The highest BCUT2D eigenvalue weighted by Gasteiger charge is 2.11. The zero-order chi connectivity index (χ0) is 17.1. The van der Waals surface area contributed by atoms with Gasteiger partial charge < -0.3 is 9.30 Å². The van der Waals surface area contributed by atoms with Gasteiger partial charge in [-0.25, -0.2) is 0 Å². The number of halogens is 2. The fourth-order valence-electron chi connectivity index (χ4n) is 2.31. The minimum absolute atomic E-state index is 0.281. The molecule has 0 aliphatic heterocycles. The van der Waals surface area contributed by atoms with Crippen molar-refractivity contribution in [3.05, 3.63) is 62.3 Å². The molecular weight excluding hydrogens is 412 g/mol. The Hall–Kier alpha value is -1.47. The summed E-state index contributed by atoms with van der Waals surface area (Å²) in [5.74, 6) is -0.281. The maximum atomic E-state index is 12.5. The summed E-state index contributed by atoms with van der Waals surface area (Å²) in [6.45, 7) is 1.09. The van der Waals surface area contributed by atoms with E-state index in [9.17, 15) is 4.79 Å². The topological polar surface area (TPSA) is 43.6 Å². The molecule has 0 fully saturated rings. The van der Waals surface area contributed by atoms with Gasteiger partial charge >= 0.3 is 0 Å². The van der Waals surface area contributed by atoms with Crippen LogP contribution in [0.15, 0.2) is 51.9 Å². The van der Waals surface area contributed by atoms with Crippen molar-refractivity contribution in [3.63, 3.8) is 0 Å². The number of methoxy groups -OCH3 is 1. The van der Waals surface area contributed by atoms with Crippen LogP contribution in [0, 0.1) is 0 Å². The van der Waals surface area contributed by atoms with Crippen molar-refractivity contribution in [1.82, 2.24) is 4.57 Å². The predicted molar refractivity (Wildman–Crippen MR) is 101 cm³/mol. The highest BCUT2D eigenvalue weighted by Crippen LogP contribution is 2.25. The van der Waals surface area contributed by atoms with Crippen LogP contribution in [0.1, 0.15) is 10.4 Å². The van der Waals surface area contributed by atoms with Crippen LogP contribution >= 0.6 is 38.9 Å². The van der Waals surface area contributed by atoms with Gasteiger partial charge in [0.25, 0.3) is 5.91 Å². The van der Waals surface area contributed by atoms with Crippen LogP contribution in [-0.4, -0.2) is 24.2 Å². The summed E-state index contributed by atoms with van der Waals surface area (Å²) in [5.41, 5.74) is 1.42. The first-order valence-electron chi connectivity index (χ1n) is 7.21. The van der Waals surface area contributed by atoms with E-state index in [2.05, 4.69) is 20.9 Å². The maximum absolute atomic E-state index is 12.5. The number of benzene rings is 2. The summed E-state index contributed by atoms with van der Waals surface area (Å²) >= 11 is 11.1. The van der Waals surface area contributed by atoms with E-state index in [4.69, 9.17) is 16.3 Å². The molecule has 0 saturated carbocycles. The van der Waals surface area contributed by atoms with Crippen LogP contribution in [0.3, 0.4) is 0 Å². The molecule has 0 radical (unpaired) electrons. The Balaban J connectivity index is 2.12. The van der Waals surface area contributed by atoms with Crippen LogP contribution in [0.5, 0.6) is 0 Å². The fraction of sp³-hybridized carbons (Fsp3) is 0.176. The summed E-state index contributed by atoms with van der Waals surface area (Å²) in [6, 6.07) is 12.8. The Kier molecular flexibility index (Phi) is 5.50. The van der Waals surface area contributed by atoms with Gasteiger partial charge in [0.15, 0.2) is 4.80 Å². The molecular formula is C17H14BrClN2O2S.